The summed E-state index contributed by atoms with van der Waals surface area (Å²) in [7, 11) is 0. The molecule has 0 saturated heterocycles. The summed E-state index contributed by atoms with van der Waals surface area (Å²) in [4.78, 5) is 0. The number of nitrogens with two attached hydrogens (primary N) is 1. The van der Waals surface area contributed by atoms with Crippen LogP contribution in [0.1, 0.15) is 19.4 Å². The molecular formula is C14H19NO3. The SMILES string of the molecule is CC(C)=CCOc1cc2c(cc1CCN)OCO2. The number of ether oxygens (including phenoxy) is 3. The van der Waals surface area contributed by atoms with Crippen LogP contribution in [0.15, 0.2) is 23.8 Å². The van der Waals surface area contributed by atoms with E-state index in [9.17, 15) is 0 Å². The average molecular weight is 249 g/mol. The minimum atomic E-state index is 0.273. The van der Waals surface area contributed by atoms with Gasteiger partial charge in [0, 0.05) is 6.07 Å². The summed E-state index contributed by atoms with van der Waals surface area (Å²) >= 11 is 0. The van der Waals surface area contributed by atoms with E-state index in [-0.39, 0.29) is 6.79 Å². The molecular weight excluding hydrogens is 230 g/mol. The van der Waals surface area contributed by atoms with E-state index in [0.29, 0.717) is 13.2 Å². The highest BCUT2D eigenvalue weighted by atomic mass is 16.7. The predicted molar refractivity (Wildman–Crippen MR) is 70.2 cm³/mol. The third-order valence-electron chi connectivity index (χ3n) is 2.70. The number of benzene rings is 1. The van der Waals surface area contributed by atoms with Gasteiger partial charge < -0.3 is 19.9 Å². The molecule has 1 heterocycles. The van der Waals surface area contributed by atoms with E-state index in [2.05, 4.69) is 0 Å². The molecule has 2 N–H and O–H groups in total. The van der Waals surface area contributed by atoms with Gasteiger partial charge in [-0.25, -0.2) is 0 Å². The fourth-order valence-corrected chi connectivity index (χ4v) is 1.75. The molecule has 0 aliphatic carbocycles. The molecule has 1 aliphatic heterocycles. The van der Waals surface area contributed by atoms with Crippen LogP contribution in [0.4, 0.5) is 0 Å². The van der Waals surface area contributed by atoms with E-state index < -0.39 is 0 Å². The maximum atomic E-state index is 5.76. The van der Waals surface area contributed by atoms with Gasteiger partial charge in [0.15, 0.2) is 11.5 Å². The Morgan fingerprint density at radius 3 is 2.72 bits per heavy atom. The van der Waals surface area contributed by atoms with Crippen molar-refractivity contribution >= 4 is 0 Å². The van der Waals surface area contributed by atoms with Crippen molar-refractivity contribution in [1.82, 2.24) is 0 Å². The molecule has 0 bridgehead atoms. The van der Waals surface area contributed by atoms with Crippen LogP contribution in [-0.4, -0.2) is 19.9 Å². The minimum Gasteiger partial charge on any atom is -0.489 e. The third kappa shape index (κ3) is 2.96. The van der Waals surface area contributed by atoms with Crippen molar-refractivity contribution in [3.05, 3.63) is 29.3 Å². The zero-order valence-corrected chi connectivity index (χ0v) is 10.9. The molecule has 0 amide bonds. The zero-order chi connectivity index (χ0) is 13.0. The van der Waals surface area contributed by atoms with Gasteiger partial charge in [0.05, 0.1) is 0 Å². The van der Waals surface area contributed by atoms with Gasteiger partial charge in [0.2, 0.25) is 6.79 Å². The van der Waals surface area contributed by atoms with Gasteiger partial charge in [0.1, 0.15) is 12.4 Å². The van der Waals surface area contributed by atoms with E-state index in [1.165, 1.54) is 5.57 Å². The maximum Gasteiger partial charge on any atom is 0.231 e. The predicted octanol–water partition coefficient (Wildman–Crippen LogP) is 2.26. The van der Waals surface area contributed by atoms with Gasteiger partial charge >= 0.3 is 0 Å². The Hall–Kier alpha value is -1.68. The molecule has 0 fully saturated rings. The summed E-state index contributed by atoms with van der Waals surface area (Å²) in [6.07, 6.45) is 2.80. The quantitative estimate of drug-likeness (QED) is 0.813. The van der Waals surface area contributed by atoms with Crippen LogP contribution in [0.5, 0.6) is 17.2 Å². The maximum absolute atomic E-state index is 5.76. The molecule has 1 aliphatic rings. The first-order valence-corrected chi connectivity index (χ1v) is 6.09. The van der Waals surface area contributed by atoms with Crippen LogP contribution in [-0.2, 0) is 6.42 Å². The second-order valence-corrected chi connectivity index (χ2v) is 4.44. The Bertz CT molecular complexity index is 451. The molecule has 4 heteroatoms. The Morgan fingerprint density at radius 2 is 2.06 bits per heavy atom. The van der Waals surface area contributed by atoms with Crippen molar-refractivity contribution < 1.29 is 14.2 Å². The highest BCUT2D eigenvalue weighted by Crippen LogP contribution is 2.38. The Balaban J connectivity index is 2.18. The molecule has 1 aromatic rings. The first-order chi connectivity index (χ1) is 8.70. The highest BCUT2D eigenvalue weighted by Gasteiger charge is 2.17. The zero-order valence-electron chi connectivity index (χ0n) is 10.9. The lowest BCUT2D eigenvalue weighted by Gasteiger charge is -2.11. The van der Waals surface area contributed by atoms with Crippen LogP contribution < -0.4 is 19.9 Å². The molecule has 0 radical (unpaired) electrons. The summed E-state index contributed by atoms with van der Waals surface area (Å²) in [5, 5.41) is 0. The molecule has 1 aromatic carbocycles. The first kappa shape index (κ1) is 12.8. The van der Waals surface area contributed by atoms with E-state index in [1.54, 1.807) is 0 Å². The van der Waals surface area contributed by atoms with E-state index in [1.807, 2.05) is 32.1 Å². The second kappa shape index (κ2) is 5.78. The summed E-state index contributed by atoms with van der Waals surface area (Å²) < 4.78 is 16.5. The van der Waals surface area contributed by atoms with Crippen molar-refractivity contribution in [2.24, 2.45) is 5.73 Å². The summed E-state index contributed by atoms with van der Waals surface area (Å²) in [5.41, 5.74) is 7.90. The van der Waals surface area contributed by atoms with E-state index in [0.717, 1.165) is 29.2 Å². The summed E-state index contributed by atoms with van der Waals surface area (Å²) in [6.45, 7) is 5.50. The Labute approximate surface area is 107 Å². The lowest BCUT2D eigenvalue weighted by molar-refractivity contribution is 0.174. The normalized spacial score (nSPS) is 12.4. The van der Waals surface area contributed by atoms with Gasteiger partial charge in [-0.2, -0.15) is 0 Å². The third-order valence-corrected chi connectivity index (χ3v) is 2.70. The fourth-order valence-electron chi connectivity index (χ4n) is 1.75. The lowest BCUT2D eigenvalue weighted by atomic mass is 10.1. The number of fused-ring (bicyclic) bond motifs is 1. The van der Waals surface area contributed by atoms with Crippen molar-refractivity contribution in [3.8, 4) is 17.2 Å². The smallest absolute Gasteiger partial charge is 0.231 e. The van der Waals surface area contributed by atoms with Gasteiger partial charge in [-0.05, 0) is 44.5 Å². The standard InChI is InChI=1S/C14H19NO3/c1-10(2)4-6-16-12-8-14-13(17-9-18-14)7-11(12)3-5-15/h4,7-8H,3,5-6,9,15H2,1-2H3. The number of rotatable bonds is 5. The van der Waals surface area contributed by atoms with E-state index >= 15 is 0 Å². The fraction of sp³-hybridized carbons (Fsp3) is 0.429. The van der Waals surface area contributed by atoms with Gasteiger partial charge in [0.25, 0.3) is 0 Å². The number of hydrogen-bond acceptors (Lipinski definition) is 4. The lowest BCUT2D eigenvalue weighted by Crippen LogP contribution is -2.05. The molecule has 0 saturated carbocycles. The molecule has 98 valence electrons. The van der Waals surface area contributed by atoms with Gasteiger partial charge in [-0.3, -0.25) is 0 Å². The Kier molecular flexibility index (Phi) is 4.10. The molecule has 0 aromatic heterocycles. The molecule has 0 atom stereocenters. The van der Waals surface area contributed by atoms with Crippen molar-refractivity contribution in [2.45, 2.75) is 20.3 Å². The molecule has 0 unspecified atom stereocenters. The second-order valence-electron chi connectivity index (χ2n) is 4.44. The van der Waals surface area contributed by atoms with Crippen LogP contribution in [0, 0.1) is 0 Å². The van der Waals surface area contributed by atoms with Crippen LogP contribution >= 0.6 is 0 Å². The highest BCUT2D eigenvalue weighted by molar-refractivity contribution is 5.52. The van der Waals surface area contributed by atoms with Crippen LogP contribution in [0.25, 0.3) is 0 Å². The first-order valence-electron chi connectivity index (χ1n) is 6.09. The molecule has 4 nitrogen and oxygen atoms in total. The number of hydrogen-bond donors (Lipinski definition) is 1. The minimum absolute atomic E-state index is 0.273. The molecule has 2 rings (SSSR count). The van der Waals surface area contributed by atoms with E-state index in [4.69, 9.17) is 19.9 Å². The van der Waals surface area contributed by atoms with Crippen LogP contribution in [0.2, 0.25) is 0 Å². The van der Waals surface area contributed by atoms with Crippen molar-refractivity contribution in [2.75, 3.05) is 19.9 Å². The number of allylic oxidation sites excluding steroid dienone is 1. The summed E-state index contributed by atoms with van der Waals surface area (Å²) in [6, 6.07) is 3.83. The average Bonchev–Trinajstić information content (AvgIpc) is 2.76. The van der Waals surface area contributed by atoms with Crippen molar-refractivity contribution in [1.29, 1.82) is 0 Å². The Morgan fingerprint density at radius 1 is 1.33 bits per heavy atom. The van der Waals surface area contributed by atoms with Crippen molar-refractivity contribution in [3.63, 3.8) is 0 Å². The topological polar surface area (TPSA) is 53.7 Å². The van der Waals surface area contributed by atoms with Gasteiger partial charge in [-0.1, -0.05) is 5.57 Å². The van der Waals surface area contributed by atoms with Gasteiger partial charge in [-0.15, -0.1) is 0 Å². The molecule has 18 heavy (non-hydrogen) atoms. The largest absolute Gasteiger partial charge is 0.489 e. The summed E-state index contributed by atoms with van der Waals surface area (Å²) in [5.74, 6) is 2.33. The van der Waals surface area contributed by atoms with Crippen LogP contribution in [0.3, 0.4) is 0 Å². The molecule has 0 spiro atoms. The monoisotopic (exact) mass is 249 g/mol.